The molecular weight excluding hydrogens is 459 g/mol. The van der Waals surface area contributed by atoms with Crippen LogP contribution >= 0.6 is 0 Å². The number of halogens is 1. The number of nitrogens with zero attached hydrogens (tertiary/aromatic N) is 3. The molecule has 13 heteroatoms. The SMILES string of the molecule is O=C1OC(CNS(=O)(=O)c2cccc([N+](=O)[O-])c2)CN1c1ccc(N2CCOCC2)c(F)c1. The second-order valence-electron chi connectivity index (χ2n) is 7.46. The van der Waals surface area contributed by atoms with Crippen molar-refractivity contribution in [2.24, 2.45) is 0 Å². The summed E-state index contributed by atoms with van der Waals surface area (Å²) in [6, 6.07) is 9.03. The number of carbonyl (C=O) groups is 1. The maximum absolute atomic E-state index is 14.7. The molecule has 1 amide bonds. The lowest BCUT2D eigenvalue weighted by molar-refractivity contribution is -0.385. The third-order valence-corrected chi connectivity index (χ3v) is 6.73. The Morgan fingerprint density at radius 3 is 2.64 bits per heavy atom. The smallest absolute Gasteiger partial charge is 0.414 e. The first-order valence-corrected chi connectivity index (χ1v) is 11.6. The van der Waals surface area contributed by atoms with Gasteiger partial charge in [-0.15, -0.1) is 0 Å². The van der Waals surface area contributed by atoms with E-state index in [4.69, 9.17) is 9.47 Å². The Morgan fingerprint density at radius 2 is 1.94 bits per heavy atom. The van der Waals surface area contributed by atoms with E-state index in [1.807, 2.05) is 4.90 Å². The van der Waals surface area contributed by atoms with Crippen LogP contribution in [-0.2, 0) is 19.5 Å². The van der Waals surface area contributed by atoms with Crippen molar-refractivity contribution >= 4 is 33.2 Å². The van der Waals surface area contributed by atoms with E-state index in [1.165, 1.54) is 29.2 Å². The van der Waals surface area contributed by atoms with Crippen molar-refractivity contribution in [3.05, 3.63) is 58.4 Å². The summed E-state index contributed by atoms with van der Waals surface area (Å²) < 4.78 is 52.4. The van der Waals surface area contributed by atoms with Crippen LogP contribution in [0.3, 0.4) is 0 Å². The molecule has 2 aromatic carbocycles. The number of sulfonamides is 1. The van der Waals surface area contributed by atoms with Gasteiger partial charge in [-0.3, -0.25) is 15.0 Å². The number of anilines is 2. The number of benzene rings is 2. The molecule has 2 fully saturated rings. The fourth-order valence-corrected chi connectivity index (χ4v) is 4.72. The highest BCUT2D eigenvalue weighted by Gasteiger charge is 2.34. The van der Waals surface area contributed by atoms with Crippen LogP contribution in [0.2, 0.25) is 0 Å². The van der Waals surface area contributed by atoms with Crippen LogP contribution in [-0.4, -0.2) is 64.9 Å². The van der Waals surface area contributed by atoms with Crippen LogP contribution in [0, 0.1) is 15.9 Å². The average Bonchev–Trinajstić information content (AvgIpc) is 3.19. The van der Waals surface area contributed by atoms with E-state index in [2.05, 4.69) is 4.72 Å². The molecule has 0 radical (unpaired) electrons. The Kier molecular flexibility index (Phi) is 6.44. The van der Waals surface area contributed by atoms with Gasteiger partial charge in [0.05, 0.1) is 41.0 Å². The van der Waals surface area contributed by atoms with Crippen LogP contribution < -0.4 is 14.5 Å². The topological polar surface area (TPSA) is 131 Å². The Bertz CT molecular complexity index is 1170. The minimum atomic E-state index is -4.07. The minimum absolute atomic E-state index is 0.00658. The van der Waals surface area contributed by atoms with Gasteiger partial charge in [-0.25, -0.2) is 22.3 Å². The van der Waals surface area contributed by atoms with Gasteiger partial charge in [0.15, 0.2) is 0 Å². The first-order chi connectivity index (χ1) is 15.7. The molecule has 2 aliphatic rings. The molecule has 0 aromatic heterocycles. The van der Waals surface area contributed by atoms with Crippen LogP contribution in [0.1, 0.15) is 0 Å². The Balaban J connectivity index is 1.41. The molecule has 176 valence electrons. The number of rotatable bonds is 7. The number of hydrogen-bond acceptors (Lipinski definition) is 8. The van der Waals surface area contributed by atoms with E-state index in [-0.39, 0.29) is 23.7 Å². The lowest BCUT2D eigenvalue weighted by Gasteiger charge is -2.29. The first kappa shape index (κ1) is 22.9. The number of nitro groups is 1. The molecule has 1 atom stereocenters. The second-order valence-corrected chi connectivity index (χ2v) is 9.22. The van der Waals surface area contributed by atoms with Crippen LogP contribution in [0.25, 0.3) is 0 Å². The largest absolute Gasteiger partial charge is 0.443 e. The molecule has 1 N–H and O–H groups in total. The highest BCUT2D eigenvalue weighted by atomic mass is 32.2. The minimum Gasteiger partial charge on any atom is -0.443 e. The van der Waals surface area contributed by atoms with E-state index >= 15 is 0 Å². The fourth-order valence-electron chi connectivity index (χ4n) is 3.61. The van der Waals surface area contributed by atoms with E-state index in [0.717, 1.165) is 6.07 Å². The van der Waals surface area contributed by atoms with Gasteiger partial charge in [-0.05, 0) is 24.3 Å². The van der Waals surface area contributed by atoms with Gasteiger partial charge >= 0.3 is 6.09 Å². The predicted molar refractivity (Wildman–Crippen MR) is 115 cm³/mol. The molecule has 0 aliphatic carbocycles. The lowest BCUT2D eigenvalue weighted by Crippen LogP contribution is -2.37. The van der Waals surface area contributed by atoms with Gasteiger partial charge in [0.1, 0.15) is 11.9 Å². The van der Waals surface area contributed by atoms with Gasteiger partial charge < -0.3 is 14.4 Å². The Hall–Kier alpha value is -3.29. The van der Waals surface area contributed by atoms with Gasteiger partial charge in [0.2, 0.25) is 10.0 Å². The summed E-state index contributed by atoms with van der Waals surface area (Å²) in [6.07, 6.45) is -1.55. The van der Waals surface area contributed by atoms with Crippen molar-refractivity contribution in [3.63, 3.8) is 0 Å². The first-order valence-electron chi connectivity index (χ1n) is 10.1. The Labute approximate surface area is 188 Å². The second kappa shape index (κ2) is 9.29. The van der Waals surface area contributed by atoms with Crippen molar-refractivity contribution in [1.29, 1.82) is 0 Å². The maximum Gasteiger partial charge on any atom is 0.414 e. The number of hydrogen-bond donors (Lipinski definition) is 1. The predicted octanol–water partition coefficient (Wildman–Crippen LogP) is 1.87. The van der Waals surface area contributed by atoms with E-state index in [0.29, 0.717) is 37.7 Å². The monoisotopic (exact) mass is 480 g/mol. The summed E-state index contributed by atoms with van der Waals surface area (Å²) in [5.74, 6) is -0.489. The molecule has 0 spiro atoms. The summed E-state index contributed by atoms with van der Waals surface area (Å²) in [5, 5.41) is 10.9. The number of nitro benzene ring substituents is 1. The summed E-state index contributed by atoms with van der Waals surface area (Å²) in [7, 11) is -4.07. The highest BCUT2D eigenvalue weighted by Crippen LogP contribution is 2.28. The van der Waals surface area contributed by atoms with E-state index in [1.54, 1.807) is 12.1 Å². The summed E-state index contributed by atoms with van der Waals surface area (Å²) in [5.41, 5.74) is 0.341. The number of nitrogens with one attached hydrogen (secondary N) is 1. The zero-order valence-electron chi connectivity index (χ0n) is 17.3. The molecule has 1 unspecified atom stereocenters. The molecule has 0 bridgehead atoms. The van der Waals surface area contributed by atoms with Crippen molar-refractivity contribution in [1.82, 2.24) is 4.72 Å². The number of carbonyl (C=O) groups excluding carboxylic acids is 1. The molecular formula is C20H21FN4O7S. The normalized spacial score (nSPS) is 18.9. The van der Waals surface area contributed by atoms with Crippen molar-refractivity contribution < 1.29 is 32.0 Å². The van der Waals surface area contributed by atoms with Gasteiger partial charge in [0.25, 0.3) is 5.69 Å². The van der Waals surface area contributed by atoms with Crippen molar-refractivity contribution in [3.8, 4) is 0 Å². The van der Waals surface area contributed by atoms with E-state index in [9.17, 15) is 27.7 Å². The third-order valence-electron chi connectivity index (χ3n) is 5.31. The quantitative estimate of drug-likeness (QED) is 0.469. The van der Waals surface area contributed by atoms with Gasteiger partial charge in [-0.1, -0.05) is 6.07 Å². The zero-order chi connectivity index (χ0) is 23.6. The average molecular weight is 480 g/mol. The Morgan fingerprint density at radius 1 is 1.18 bits per heavy atom. The van der Waals surface area contributed by atoms with Crippen LogP contribution in [0.5, 0.6) is 0 Å². The molecule has 2 saturated heterocycles. The van der Waals surface area contributed by atoms with Crippen LogP contribution in [0.4, 0.5) is 26.2 Å². The number of amides is 1. The number of morpholine rings is 1. The molecule has 0 saturated carbocycles. The molecule has 33 heavy (non-hydrogen) atoms. The molecule has 2 aliphatic heterocycles. The molecule has 2 heterocycles. The number of ether oxygens (including phenoxy) is 2. The zero-order valence-corrected chi connectivity index (χ0v) is 18.2. The molecule has 2 aromatic rings. The number of non-ortho nitro benzene ring substituents is 1. The van der Waals surface area contributed by atoms with Crippen molar-refractivity contribution in [2.45, 2.75) is 11.0 Å². The highest BCUT2D eigenvalue weighted by molar-refractivity contribution is 7.89. The standard InChI is InChI=1S/C20H21FN4O7S/c21-18-11-14(4-5-19(18)23-6-8-31-9-7-23)24-13-16(32-20(24)26)12-22-33(29,30)17-3-1-2-15(10-17)25(27)28/h1-5,10-11,16,22H,6-9,12-13H2. The fraction of sp³-hybridized carbons (Fsp3) is 0.350. The van der Waals surface area contributed by atoms with Gasteiger partial charge in [0, 0.05) is 31.8 Å². The number of cyclic esters (lactones) is 1. The van der Waals surface area contributed by atoms with Crippen LogP contribution in [0.15, 0.2) is 47.4 Å². The maximum atomic E-state index is 14.7. The van der Waals surface area contributed by atoms with E-state index < -0.39 is 33.0 Å². The van der Waals surface area contributed by atoms with Gasteiger partial charge in [-0.2, -0.15) is 0 Å². The summed E-state index contributed by atoms with van der Waals surface area (Å²) in [4.78, 5) is 25.3. The molecule has 11 nitrogen and oxygen atoms in total. The van der Waals surface area contributed by atoms with Crippen molar-refractivity contribution in [2.75, 3.05) is 49.2 Å². The summed E-state index contributed by atoms with van der Waals surface area (Å²) >= 11 is 0. The third kappa shape index (κ3) is 5.05. The summed E-state index contributed by atoms with van der Waals surface area (Å²) in [6.45, 7) is 1.90. The molecule has 4 rings (SSSR count). The lowest BCUT2D eigenvalue weighted by atomic mass is 10.2.